The van der Waals surface area contributed by atoms with Crippen molar-refractivity contribution < 1.29 is 17.9 Å². The molecule has 3 nitrogen and oxygen atoms in total. The van der Waals surface area contributed by atoms with Crippen molar-refractivity contribution in [1.29, 1.82) is 0 Å². The number of ether oxygens (including phenoxy) is 1. The van der Waals surface area contributed by atoms with E-state index in [9.17, 15) is 13.2 Å². The second-order valence-electron chi connectivity index (χ2n) is 3.94. The number of aromatic nitrogens is 1. The van der Waals surface area contributed by atoms with Gasteiger partial charge in [0.2, 0.25) is 0 Å². The summed E-state index contributed by atoms with van der Waals surface area (Å²) < 4.78 is 44.9. The fraction of sp³-hybridized carbons (Fsp3) is 0.154. The predicted octanol–water partition coefficient (Wildman–Crippen LogP) is 4.11. The van der Waals surface area contributed by atoms with Crippen LogP contribution >= 0.6 is 15.9 Å². The molecule has 0 saturated heterocycles. The van der Waals surface area contributed by atoms with Crippen molar-refractivity contribution in [3.05, 3.63) is 52.3 Å². The monoisotopic (exact) mass is 346 g/mol. The molecule has 1 aromatic heterocycles. The fourth-order valence-electron chi connectivity index (χ4n) is 1.58. The summed E-state index contributed by atoms with van der Waals surface area (Å²) in [6.07, 6.45) is -1.64. The molecular formula is C13H10BrF3N2O. The Morgan fingerprint density at radius 2 is 1.95 bits per heavy atom. The van der Waals surface area contributed by atoms with E-state index in [-0.39, 0.29) is 18.0 Å². The van der Waals surface area contributed by atoms with Crippen LogP contribution in [0, 0.1) is 0 Å². The van der Waals surface area contributed by atoms with Gasteiger partial charge in [-0.3, -0.25) is 4.98 Å². The average molecular weight is 347 g/mol. The van der Waals surface area contributed by atoms with Gasteiger partial charge in [0, 0.05) is 25.0 Å². The minimum Gasteiger partial charge on any atom is -0.455 e. The molecule has 106 valence electrons. The van der Waals surface area contributed by atoms with E-state index in [2.05, 4.69) is 20.9 Å². The van der Waals surface area contributed by atoms with Crippen LogP contribution in [0.3, 0.4) is 0 Å². The van der Waals surface area contributed by atoms with Crippen LogP contribution in [0.1, 0.15) is 11.1 Å². The van der Waals surface area contributed by atoms with E-state index in [4.69, 9.17) is 10.5 Å². The maximum Gasteiger partial charge on any atom is 0.419 e. The number of hydrogen-bond acceptors (Lipinski definition) is 3. The lowest BCUT2D eigenvalue weighted by molar-refractivity contribution is -0.138. The van der Waals surface area contributed by atoms with Crippen LogP contribution in [0.15, 0.2) is 41.1 Å². The Morgan fingerprint density at radius 1 is 1.20 bits per heavy atom. The Labute approximate surface area is 121 Å². The molecule has 0 bridgehead atoms. The Balaban J connectivity index is 2.44. The molecule has 0 atom stereocenters. The largest absolute Gasteiger partial charge is 0.455 e. The van der Waals surface area contributed by atoms with E-state index in [1.165, 1.54) is 30.6 Å². The third-order valence-corrected chi connectivity index (χ3v) is 3.14. The van der Waals surface area contributed by atoms with Gasteiger partial charge in [-0.05, 0) is 33.6 Å². The van der Waals surface area contributed by atoms with Crippen molar-refractivity contribution >= 4 is 15.9 Å². The van der Waals surface area contributed by atoms with E-state index >= 15 is 0 Å². The minimum atomic E-state index is -4.51. The number of pyridine rings is 1. The van der Waals surface area contributed by atoms with Gasteiger partial charge in [-0.1, -0.05) is 6.07 Å². The lowest BCUT2D eigenvalue weighted by Crippen LogP contribution is -2.09. The quantitative estimate of drug-likeness (QED) is 0.909. The average Bonchev–Trinajstić information content (AvgIpc) is 2.40. The van der Waals surface area contributed by atoms with Gasteiger partial charge in [0.15, 0.2) is 0 Å². The van der Waals surface area contributed by atoms with Gasteiger partial charge in [-0.15, -0.1) is 0 Å². The number of nitrogens with two attached hydrogens (primary N) is 1. The van der Waals surface area contributed by atoms with Gasteiger partial charge in [-0.25, -0.2) is 0 Å². The summed E-state index contributed by atoms with van der Waals surface area (Å²) >= 11 is 3.17. The highest BCUT2D eigenvalue weighted by atomic mass is 79.9. The van der Waals surface area contributed by atoms with E-state index in [1.807, 2.05) is 0 Å². The van der Waals surface area contributed by atoms with E-state index < -0.39 is 11.7 Å². The van der Waals surface area contributed by atoms with Crippen LogP contribution < -0.4 is 10.5 Å². The summed E-state index contributed by atoms with van der Waals surface area (Å²) in [4.78, 5) is 3.82. The Bertz CT molecular complexity index is 617. The van der Waals surface area contributed by atoms with Crippen LogP contribution in [-0.2, 0) is 12.7 Å². The zero-order chi connectivity index (χ0) is 14.8. The Morgan fingerprint density at radius 3 is 2.55 bits per heavy atom. The molecule has 0 spiro atoms. The molecule has 0 amide bonds. The summed E-state index contributed by atoms with van der Waals surface area (Å²) in [5, 5.41) is 0. The minimum absolute atomic E-state index is 0.0301. The van der Waals surface area contributed by atoms with Gasteiger partial charge < -0.3 is 10.5 Å². The van der Waals surface area contributed by atoms with Crippen LogP contribution in [0.2, 0.25) is 0 Å². The van der Waals surface area contributed by atoms with E-state index in [1.54, 1.807) is 0 Å². The molecule has 1 aromatic carbocycles. The summed E-state index contributed by atoms with van der Waals surface area (Å²) in [5.41, 5.74) is 4.90. The van der Waals surface area contributed by atoms with Gasteiger partial charge in [0.1, 0.15) is 11.5 Å². The first-order chi connectivity index (χ1) is 9.41. The molecule has 0 unspecified atom stereocenters. The lowest BCUT2D eigenvalue weighted by atomic mass is 10.1. The first-order valence-corrected chi connectivity index (χ1v) is 6.38. The fourth-order valence-corrected chi connectivity index (χ4v) is 1.91. The first kappa shape index (κ1) is 14.8. The molecule has 1 heterocycles. The molecule has 0 fully saturated rings. The number of benzene rings is 1. The zero-order valence-electron chi connectivity index (χ0n) is 10.1. The highest BCUT2D eigenvalue weighted by Gasteiger charge is 2.34. The summed E-state index contributed by atoms with van der Waals surface area (Å²) in [7, 11) is 0. The van der Waals surface area contributed by atoms with Crippen molar-refractivity contribution in [3.8, 4) is 11.5 Å². The second-order valence-corrected chi connectivity index (χ2v) is 4.79. The van der Waals surface area contributed by atoms with E-state index in [0.717, 1.165) is 6.07 Å². The van der Waals surface area contributed by atoms with Crippen LogP contribution in [0.25, 0.3) is 0 Å². The number of halogens is 4. The topological polar surface area (TPSA) is 48.1 Å². The maximum atomic E-state index is 13.0. The molecular weight excluding hydrogens is 337 g/mol. The lowest BCUT2D eigenvalue weighted by Gasteiger charge is -2.15. The normalized spacial score (nSPS) is 11.4. The molecule has 0 aliphatic heterocycles. The predicted molar refractivity (Wildman–Crippen MR) is 71.3 cm³/mol. The first-order valence-electron chi connectivity index (χ1n) is 5.59. The Hall–Kier alpha value is -1.60. The number of hydrogen-bond donors (Lipinski definition) is 1. The van der Waals surface area contributed by atoms with Gasteiger partial charge in [0.25, 0.3) is 0 Å². The van der Waals surface area contributed by atoms with Crippen LogP contribution in [0.4, 0.5) is 13.2 Å². The van der Waals surface area contributed by atoms with Crippen LogP contribution in [-0.4, -0.2) is 4.98 Å². The standard InChI is InChI=1S/C13H10BrF3N2O/c14-10-7-19-4-3-12(10)20-11-2-1-8(6-18)5-9(11)13(15,16)17/h1-5,7H,6,18H2. The third-order valence-electron chi connectivity index (χ3n) is 2.54. The van der Waals surface area contributed by atoms with E-state index in [0.29, 0.717) is 10.0 Å². The molecule has 7 heteroatoms. The zero-order valence-corrected chi connectivity index (χ0v) is 11.7. The number of nitrogens with zero attached hydrogens (tertiary/aromatic N) is 1. The highest BCUT2D eigenvalue weighted by Crippen LogP contribution is 2.39. The van der Waals surface area contributed by atoms with Crippen molar-refractivity contribution in [2.45, 2.75) is 12.7 Å². The molecule has 2 aromatic rings. The van der Waals surface area contributed by atoms with Gasteiger partial charge in [-0.2, -0.15) is 13.2 Å². The third kappa shape index (κ3) is 3.29. The second kappa shape index (κ2) is 5.80. The molecule has 0 aliphatic carbocycles. The summed E-state index contributed by atoms with van der Waals surface area (Å²) in [6.45, 7) is 0.0301. The molecule has 20 heavy (non-hydrogen) atoms. The SMILES string of the molecule is NCc1ccc(Oc2ccncc2Br)c(C(F)(F)F)c1. The van der Waals surface area contributed by atoms with Crippen molar-refractivity contribution in [2.75, 3.05) is 0 Å². The van der Waals surface area contributed by atoms with Crippen molar-refractivity contribution in [1.82, 2.24) is 4.98 Å². The smallest absolute Gasteiger partial charge is 0.419 e. The molecule has 0 saturated carbocycles. The maximum absolute atomic E-state index is 13.0. The highest BCUT2D eigenvalue weighted by molar-refractivity contribution is 9.10. The summed E-state index contributed by atoms with van der Waals surface area (Å²) in [6, 6.07) is 5.23. The van der Waals surface area contributed by atoms with Crippen LogP contribution in [0.5, 0.6) is 11.5 Å². The molecule has 2 rings (SSSR count). The molecule has 2 N–H and O–H groups in total. The number of alkyl halides is 3. The molecule has 0 radical (unpaired) electrons. The van der Waals surface area contributed by atoms with Gasteiger partial charge >= 0.3 is 6.18 Å². The molecule has 0 aliphatic rings. The van der Waals surface area contributed by atoms with Crippen molar-refractivity contribution in [2.24, 2.45) is 5.73 Å². The summed E-state index contributed by atoms with van der Waals surface area (Å²) in [5.74, 6) is -0.0207. The van der Waals surface area contributed by atoms with Gasteiger partial charge in [0.05, 0.1) is 10.0 Å². The number of rotatable bonds is 3. The van der Waals surface area contributed by atoms with Crippen molar-refractivity contribution in [3.63, 3.8) is 0 Å². The Kier molecular flexibility index (Phi) is 4.29.